The van der Waals surface area contributed by atoms with Gasteiger partial charge in [0.25, 0.3) is 0 Å². The van der Waals surface area contributed by atoms with Crippen LogP contribution in [0.25, 0.3) is 0 Å². The van der Waals surface area contributed by atoms with Crippen molar-refractivity contribution in [2.45, 2.75) is 25.7 Å². The topological polar surface area (TPSA) is 56.0 Å². The third-order valence-corrected chi connectivity index (χ3v) is 10.0. The van der Waals surface area contributed by atoms with Crippen LogP contribution < -0.4 is 32.9 Å². The average molecular weight is 509 g/mol. The molecule has 4 rings (SSSR count). The molecule has 0 aliphatic heterocycles. The number of aryl methyl sites for hydroxylation is 1. The summed E-state index contributed by atoms with van der Waals surface area (Å²) < 4.78 is 5.04. The summed E-state index contributed by atoms with van der Waals surface area (Å²) in [5.74, 6) is 0.874. The number of halogens is 1. The van der Waals surface area contributed by atoms with E-state index in [9.17, 15) is 4.79 Å². The number of nitrogens with zero attached hydrogens (tertiary/aromatic N) is 2. The zero-order valence-corrected chi connectivity index (χ0v) is 20.3. The second kappa shape index (κ2) is 11.8. The van der Waals surface area contributed by atoms with Crippen LogP contribution in [-0.2, 0) is 11.2 Å². The highest BCUT2D eigenvalue weighted by molar-refractivity contribution is 7.95. The molecule has 0 atom stereocenters. The zero-order chi connectivity index (χ0) is 21.4. The van der Waals surface area contributed by atoms with Gasteiger partial charge in [0, 0.05) is 19.3 Å². The minimum Gasteiger partial charge on any atom is -1.00 e. The number of carbonyl (C=O) groups excluding carboxylic acids is 1. The van der Waals surface area contributed by atoms with Crippen LogP contribution in [-0.4, -0.2) is 22.1 Å². The number of hydrogen-bond donors (Lipinski definition) is 0. The van der Waals surface area contributed by atoms with Crippen LogP contribution in [0, 0.1) is 0 Å². The molecular weight excluding hydrogens is 483 g/mol. The highest BCUT2D eigenvalue weighted by Crippen LogP contribution is 2.55. The van der Waals surface area contributed by atoms with E-state index >= 15 is 0 Å². The fraction of sp³-hybridized carbons (Fsp3) is 0.192. The molecular formula is C26H26BrN2O2P. The summed E-state index contributed by atoms with van der Waals surface area (Å²) in [7, 11) is -1.95. The van der Waals surface area contributed by atoms with Gasteiger partial charge >= 0.3 is 0 Å². The van der Waals surface area contributed by atoms with Crippen LogP contribution in [0.4, 0.5) is 0 Å². The van der Waals surface area contributed by atoms with Crippen molar-refractivity contribution in [3.8, 4) is 0 Å². The molecule has 0 spiro atoms. The third-order valence-electron chi connectivity index (χ3n) is 5.57. The maximum absolute atomic E-state index is 12.9. The Balaban J connectivity index is 0.00000289. The molecule has 1 heterocycles. The van der Waals surface area contributed by atoms with Gasteiger partial charge in [-0.1, -0.05) is 59.8 Å². The maximum Gasteiger partial charge on any atom is 0.226 e. The summed E-state index contributed by atoms with van der Waals surface area (Å²) in [4.78, 5) is 16.9. The summed E-state index contributed by atoms with van der Waals surface area (Å²) in [5, 5.41) is 7.56. The molecule has 0 saturated carbocycles. The van der Waals surface area contributed by atoms with Crippen LogP contribution in [0.2, 0.25) is 0 Å². The molecule has 0 fully saturated rings. The summed E-state index contributed by atoms with van der Waals surface area (Å²) in [6.07, 6.45) is 4.67. The van der Waals surface area contributed by atoms with Gasteiger partial charge in [0.2, 0.25) is 5.89 Å². The monoisotopic (exact) mass is 508 g/mol. The molecule has 0 N–H and O–H groups in total. The maximum atomic E-state index is 12.9. The minimum atomic E-state index is -1.95. The molecule has 6 heteroatoms. The van der Waals surface area contributed by atoms with Crippen LogP contribution in [0.1, 0.15) is 25.2 Å². The largest absolute Gasteiger partial charge is 1.00 e. The first-order valence-electron chi connectivity index (χ1n) is 10.6. The van der Waals surface area contributed by atoms with E-state index in [2.05, 4.69) is 101 Å². The first-order valence-corrected chi connectivity index (χ1v) is 12.6. The Kier molecular flexibility index (Phi) is 8.90. The summed E-state index contributed by atoms with van der Waals surface area (Å²) in [6.45, 7) is 0. The fourth-order valence-electron chi connectivity index (χ4n) is 4.04. The molecule has 164 valence electrons. The van der Waals surface area contributed by atoms with E-state index in [0.29, 0.717) is 25.2 Å². The lowest BCUT2D eigenvalue weighted by Crippen LogP contribution is -3.00. The number of carbonyl (C=O) groups is 1. The van der Waals surface area contributed by atoms with E-state index in [1.165, 1.54) is 22.2 Å². The Bertz CT molecular complexity index is 978. The second-order valence-corrected chi connectivity index (χ2v) is 11.1. The predicted molar refractivity (Wildman–Crippen MR) is 127 cm³/mol. The Morgan fingerprint density at radius 1 is 0.750 bits per heavy atom. The minimum absolute atomic E-state index is 0. The predicted octanol–water partition coefficient (Wildman–Crippen LogP) is 1.35. The van der Waals surface area contributed by atoms with Gasteiger partial charge in [-0.3, -0.25) is 4.79 Å². The number of Topliss-reactive ketones (excluding diaryl/α,β-unsaturated/α-hetero) is 1. The highest BCUT2D eigenvalue weighted by Gasteiger charge is 2.45. The van der Waals surface area contributed by atoms with Crippen molar-refractivity contribution in [2.24, 2.45) is 0 Å². The summed E-state index contributed by atoms with van der Waals surface area (Å²) >= 11 is 0. The zero-order valence-electron chi connectivity index (χ0n) is 17.8. The molecule has 32 heavy (non-hydrogen) atoms. The Labute approximate surface area is 200 Å². The van der Waals surface area contributed by atoms with Crippen molar-refractivity contribution in [1.82, 2.24) is 10.1 Å². The molecule has 0 aliphatic carbocycles. The molecule has 0 radical (unpaired) electrons. The fourth-order valence-corrected chi connectivity index (χ4v) is 8.34. The van der Waals surface area contributed by atoms with Gasteiger partial charge in [0.05, 0.1) is 6.16 Å². The smallest absolute Gasteiger partial charge is 0.226 e. The van der Waals surface area contributed by atoms with Crippen molar-refractivity contribution in [1.29, 1.82) is 0 Å². The van der Waals surface area contributed by atoms with Gasteiger partial charge in [0.15, 0.2) is 6.33 Å². The van der Waals surface area contributed by atoms with Crippen molar-refractivity contribution in [3.05, 3.63) is 103 Å². The van der Waals surface area contributed by atoms with Crippen molar-refractivity contribution < 1.29 is 26.3 Å². The average Bonchev–Trinajstić information content (AvgIpc) is 3.35. The first-order chi connectivity index (χ1) is 15.3. The molecule has 0 bridgehead atoms. The Hall–Kier alpha value is -2.62. The van der Waals surface area contributed by atoms with Crippen LogP contribution in [0.15, 0.2) is 102 Å². The Morgan fingerprint density at radius 3 is 1.69 bits per heavy atom. The molecule has 1 aromatic heterocycles. The van der Waals surface area contributed by atoms with Crippen molar-refractivity contribution in [2.75, 3.05) is 6.16 Å². The normalized spacial score (nSPS) is 11.0. The second-order valence-electron chi connectivity index (χ2n) is 7.52. The third kappa shape index (κ3) is 5.59. The van der Waals surface area contributed by atoms with Crippen LogP contribution in [0.5, 0.6) is 0 Å². The first kappa shape index (κ1) is 24.0. The summed E-state index contributed by atoms with van der Waals surface area (Å²) in [6, 6.07) is 32.1. The molecule has 3 aromatic carbocycles. The molecule has 0 unspecified atom stereocenters. The highest BCUT2D eigenvalue weighted by atomic mass is 79.9. The van der Waals surface area contributed by atoms with Gasteiger partial charge in [-0.05, 0) is 42.8 Å². The number of aromatic nitrogens is 2. The quantitative estimate of drug-likeness (QED) is 0.303. The van der Waals surface area contributed by atoms with E-state index in [4.69, 9.17) is 4.52 Å². The number of hydrogen-bond acceptors (Lipinski definition) is 4. The number of ketones is 1. The van der Waals surface area contributed by atoms with Crippen molar-refractivity contribution in [3.63, 3.8) is 0 Å². The standard InChI is InChI=1S/C26H26N2O2P.BrH/c29-22(11-10-18-26-27-21-28-30-26)19-20-31(23-12-4-1-5-13-23,24-14-6-2-7-15-24)25-16-8-3-9-17-25;/h1-9,12-17,21H,10-11,18-20H2;1H/q+1;/p-1. The van der Waals surface area contributed by atoms with E-state index in [0.717, 1.165) is 12.6 Å². The van der Waals surface area contributed by atoms with Gasteiger partial charge in [-0.25, -0.2) is 0 Å². The van der Waals surface area contributed by atoms with Crippen LogP contribution >= 0.6 is 7.26 Å². The Morgan fingerprint density at radius 2 is 1.25 bits per heavy atom. The van der Waals surface area contributed by atoms with E-state index in [1.54, 1.807) is 0 Å². The van der Waals surface area contributed by atoms with E-state index in [1.807, 2.05) is 0 Å². The molecule has 0 aliphatic rings. The molecule has 4 nitrogen and oxygen atoms in total. The lowest BCUT2D eigenvalue weighted by Gasteiger charge is -2.27. The SMILES string of the molecule is O=C(CCCc1ncno1)CC[P+](c1ccccc1)(c1ccccc1)c1ccccc1.[Br-]. The van der Waals surface area contributed by atoms with Gasteiger partial charge in [-0.15, -0.1) is 0 Å². The van der Waals surface area contributed by atoms with E-state index in [-0.39, 0.29) is 22.8 Å². The van der Waals surface area contributed by atoms with Crippen molar-refractivity contribution >= 4 is 29.0 Å². The van der Waals surface area contributed by atoms with Gasteiger partial charge in [0.1, 0.15) is 29.0 Å². The molecule has 0 saturated heterocycles. The number of benzene rings is 3. The number of rotatable bonds is 10. The summed E-state index contributed by atoms with van der Waals surface area (Å²) in [5.41, 5.74) is 0. The lowest BCUT2D eigenvalue weighted by molar-refractivity contribution is -0.118. The van der Waals surface area contributed by atoms with Gasteiger partial charge in [-0.2, -0.15) is 4.98 Å². The van der Waals surface area contributed by atoms with Crippen LogP contribution in [0.3, 0.4) is 0 Å². The lowest BCUT2D eigenvalue weighted by atomic mass is 10.1. The molecule has 0 amide bonds. The van der Waals surface area contributed by atoms with E-state index < -0.39 is 7.26 Å². The molecule has 4 aromatic rings. The van der Waals surface area contributed by atoms with Gasteiger partial charge < -0.3 is 21.5 Å².